The van der Waals surface area contributed by atoms with Crippen LogP contribution in [0.5, 0.6) is 0 Å². The van der Waals surface area contributed by atoms with Crippen molar-refractivity contribution in [3.05, 3.63) is 87.5 Å². The smallest absolute Gasteiger partial charge is 0.431 e. The molecule has 252 valence electrons. The second kappa shape index (κ2) is 14.9. The summed E-state index contributed by atoms with van der Waals surface area (Å²) in [6, 6.07) is 15.5. The van der Waals surface area contributed by atoms with Gasteiger partial charge < -0.3 is 23.3 Å². The molecule has 13 heteroatoms. The Kier molecular flexibility index (Phi) is 10.3. The minimum atomic E-state index is -1.20. The summed E-state index contributed by atoms with van der Waals surface area (Å²) in [5.74, 6) is -0.417. The van der Waals surface area contributed by atoms with Gasteiger partial charge in [-0.25, -0.2) is 19.4 Å². The van der Waals surface area contributed by atoms with Crippen molar-refractivity contribution in [2.75, 3.05) is 0 Å². The highest BCUT2D eigenvalue weighted by Gasteiger charge is 2.28. The number of ether oxygens (including phenoxy) is 3. The van der Waals surface area contributed by atoms with Crippen molar-refractivity contribution >= 4 is 34.6 Å². The molecule has 0 saturated heterocycles. The van der Waals surface area contributed by atoms with Crippen LogP contribution in [0.4, 0.5) is 4.79 Å². The van der Waals surface area contributed by atoms with E-state index in [-0.39, 0.29) is 23.5 Å². The third kappa shape index (κ3) is 7.33. The van der Waals surface area contributed by atoms with Crippen LogP contribution in [0, 0.1) is 0 Å². The number of carbonyl (C=O) groups excluding carboxylic acids is 2. The molecule has 0 spiro atoms. The number of aromatic amines is 1. The molecule has 1 N–H and O–H groups in total. The third-order valence-electron chi connectivity index (χ3n) is 8.56. The van der Waals surface area contributed by atoms with Crippen LogP contribution in [0.3, 0.4) is 0 Å². The van der Waals surface area contributed by atoms with Gasteiger partial charge in [-0.1, -0.05) is 67.2 Å². The maximum atomic E-state index is 13.6. The SMILES string of the molecule is CCCCCc1nc(Cl)c(C(=O)OC(C)OC(=O)OC2CCCCC2)n1Cc1cccc2c1ccn2-c1ccccc1-c1noc(=O)[nH]1. The van der Waals surface area contributed by atoms with Crippen LogP contribution < -0.4 is 5.76 Å². The van der Waals surface area contributed by atoms with Crippen molar-refractivity contribution in [3.63, 3.8) is 0 Å². The lowest BCUT2D eigenvalue weighted by Gasteiger charge is -2.22. The summed E-state index contributed by atoms with van der Waals surface area (Å²) in [5, 5.41) is 4.84. The molecule has 1 fully saturated rings. The van der Waals surface area contributed by atoms with Crippen LogP contribution in [-0.2, 0) is 27.2 Å². The highest BCUT2D eigenvalue weighted by Crippen LogP contribution is 2.31. The fraction of sp³-hybridized carbons (Fsp3) is 0.400. The first kappa shape index (κ1) is 33.1. The third-order valence-corrected chi connectivity index (χ3v) is 8.83. The van der Waals surface area contributed by atoms with Gasteiger partial charge in [0.05, 0.1) is 17.7 Å². The highest BCUT2D eigenvalue weighted by molar-refractivity contribution is 6.32. The zero-order chi connectivity index (χ0) is 33.6. The van der Waals surface area contributed by atoms with E-state index >= 15 is 0 Å². The standard InChI is InChI=1S/C35H38ClN5O7/c1-3-4-6-18-29-37-31(36)30(33(42)45-22(2)46-35(44)47-24-13-7-5-8-14-24)41(29)21-23-12-11-17-27-25(23)19-20-40(27)28-16-10-9-15-26(28)32-38-34(43)48-39-32/h9-12,15-17,19-20,22,24H,3-8,13-14,18,21H2,1-2H3,(H,38,39,43). The van der Waals surface area contributed by atoms with Crippen molar-refractivity contribution < 1.29 is 28.3 Å². The lowest BCUT2D eigenvalue weighted by molar-refractivity contribution is -0.0918. The average Bonchev–Trinajstić information content (AvgIpc) is 3.78. The van der Waals surface area contributed by atoms with E-state index in [4.69, 9.17) is 30.3 Å². The molecule has 0 radical (unpaired) electrons. The summed E-state index contributed by atoms with van der Waals surface area (Å²) in [4.78, 5) is 44.9. The maximum Gasteiger partial charge on any atom is 0.511 e. The van der Waals surface area contributed by atoms with E-state index in [2.05, 4.69) is 22.0 Å². The number of H-pyrrole nitrogens is 1. The molecule has 0 amide bonds. The number of rotatable bonds is 12. The predicted molar refractivity (Wildman–Crippen MR) is 178 cm³/mol. The molecular formula is C35H38ClN5O7. The van der Waals surface area contributed by atoms with Gasteiger partial charge in [-0.15, -0.1) is 0 Å². The van der Waals surface area contributed by atoms with Crippen LogP contribution in [0.25, 0.3) is 28.0 Å². The van der Waals surface area contributed by atoms with Crippen LogP contribution in [0.2, 0.25) is 5.15 Å². The number of aryl methyl sites for hydroxylation is 1. The molecule has 3 aromatic heterocycles. The van der Waals surface area contributed by atoms with Crippen molar-refractivity contribution in [1.82, 2.24) is 24.3 Å². The molecule has 1 atom stereocenters. The van der Waals surface area contributed by atoms with Crippen LogP contribution >= 0.6 is 11.6 Å². The predicted octanol–water partition coefficient (Wildman–Crippen LogP) is 7.59. The van der Waals surface area contributed by atoms with Crippen LogP contribution in [0.15, 0.2) is 64.0 Å². The number of hydrogen-bond donors (Lipinski definition) is 1. The summed E-state index contributed by atoms with van der Waals surface area (Å²) in [6.07, 6.45) is 7.90. The monoisotopic (exact) mass is 675 g/mol. The summed E-state index contributed by atoms with van der Waals surface area (Å²) >= 11 is 6.61. The number of carbonyl (C=O) groups is 2. The Hall–Kier alpha value is -4.84. The Balaban J connectivity index is 1.28. The Morgan fingerprint density at radius 2 is 1.88 bits per heavy atom. The van der Waals surface area contributed by atoms with Gasteiger partial charge >= 0.3 is 17.9 Å². The van der Waals surface area contributed by atoms with Gasteiger partial charge in [0.2, 0.25) is 6.29 Å². The number of hydrogen-bond acceptors (Lipinski definition) is 9. The zero-order valence-electron chi connectivity index (χ0n) is 26.9. The van der Waals surface area contributed by atoms with E-state index in [0.29, 0.717) is 23.6 Å². The Morgan fingerprint density at radius 1 is 1.06 bits per heavy atom. The lowest BCUT2D eigenvalue weighted by atomic mass is 9.98. The molecule has 2 aromatic carbocycles. The van der Waals surface area contributed by atoms with E-state index in [1.165, 1.54) is 6.92 Å². The molecule has 0 aliphatic heterocycles. The Bertz CT molecular complexity index is 1950. The second-order valence-corrected chi connectivity index (χ2v) is 12.3. The van der Waals surface area contributed by atoms with Gasteiger partial charge in [0, 0.05) is 30.5 Å². The minimum Gasteiger partial charge on any atom is -0.431 e. The molecular weight excluding hydrogens is 638 g/mol. The Labute approximate surface area is 281 Å². The number of fused-ring (bicyclic) bond motifs is 1. The molecule has 6 rings (SSSR count). The largest absolute Gasteiger partial charge is 0.511 e. The number of benzene rings is 2. The maximum absolute atomic E-state index is 13.6. The lowest BCUT2D eigenvalue weighted by Crippen LogP contribution is -2.27. The number of imidazole rings is 1. The van der Waals surface area contributed by atoms with E-state index in [1.807, 2.05) is 59.3 Å². The van der Waals surface area contributed by atoms with E-state index < -0.39 is 24.2 Å². The molecule has 1 saturated carbocycles. The molecule has 12 nitrogen and oxygen atoms in total. The molecule has 0 bridgehead atoms. The van der Waals surface area contributed by atoms with Gasteiger partial charge in [-0.05, 0) is 61.9 Å². The zero-order valence-corrected chi connectivity index (χ0v) is 27.7. The quantitative estimate of drug-likeness (QED) is 0.0803. The van der Waals surface area contributed by atoms with Crippen molar-refractivity contribution in [1.29, 1.82) is 0 Å². The highest BCUT2D eigenvalue weighted by atomic mass is 35.5. The van der Waals surface area contributed by atoms with Gasteiger partial charge in [0.1, 0.15) is 11.9 Å². The van der Waals surface area contributed by atoms with Crippen molar-refractivity contribution in [2.45, 2.75) is 90.6 Å². The minimum absolute atomic E-state index is 0.0174. The molecule has 48 heavy (non-hydrogen) atoms. The van der Waals surface area contributed by atoms with Gasteiger partial charge in [-0.2, -0.15) is 0 Å². The number of halogens is 1. The number of nitrogens with one attached hydrogen (secondary N) is 1. The average molecular weight is 676 g/mol. The number of aromatic nitrogens is 5. The molecule has 1 unspecified atom stereocenters. The van der Waals surface area contributed by atoms with Crippen molar-refractivity contribution in [2.24, 2.45) is 0 Å². The van der Waals surface area contributed by atoms with Gasteiger partial charge in [0.15, 0.2) is 16.7 Å². The molecule has 3 heterocycles. The summed E-state index contributed by atoms with van der Waals surface area (Å²) in [7, 11) is 0. The van der Waals surface area contributed by atoms with E-state index in [9.17, 15) is 14.4 Å². The number of unbranched alkanes of at least 4 members (excludes halogenated alkanes) is 2. The fourth-order valence-corrected chi connectivity index (χ4v) is 6.52. The first-order valence-corrected chi connectivity index (χ1v) is 16.8. The van der Waals surface area contributed by atoms with Gasteiger partial charge in [0.25, 0.3) is 0 Å². The van der Waals surface area contributed by atoms with Gasteiger partial charge in [-0.3, -0.25) is 9.51 Å². The topological polar surface area (TPSA) is 143 Å². The summed E-state index contributed by atoms with van der Waals surface area (Å²) < 4.78 is 24.8. The normalized spacial score (nSPS) is 14.2. The number of para-hydroxylation sites is 1. The first-order chi connectivity index (χ1) is 23.3. The summed E-state index contributed by atoms with van der Waals surface area (Å²) in [6.45, 7) is 3.86. The summed E-state index contributed by atoms with van der Waals surface area (Å²) in [5.41, 5.74) is 3.37. The molecule has 1 aliphatic rings. The first-order valence-electron chi connectivity index (χ1n) is 16.4. The van der Waals surface area contributed by atoms with E-state index in [0.717, 1.165) is 73.5 Å². The second-order valence-electron chi connectivity index (χ2n) is 11.9. The van der Waals surface area contributed by atoms with E-state index in [1.54, 1.807) is 4.57 Å². The molecule has 5 aromatic rings. The van der Waals surface area contributed by atoms with Crippen LogP contribution in [0.1, 0.15) is 87.1 Å². The Morgan fingerprint density at radius 3 is 2.65 bits per heavy atom. The molecule has 1 aliphatic carbocycles. The number of nitrogens with zero attached hydrogens (tertiary/aromatic N) is 4. The fourth-order valence-electron chi connectivity index (χ4n) is 6.25. The van der Waals surface area contributed by atoms with Crippen LogP contribution in [-0.4, -0.2) is 48.8 Å². The van der Waals surface area contributed by atoms with Crippen molar-refractivity contribution in [3.8, 4) is 17.1 Å². The number of esters is 1.